The van der Waals surface area contributed by atoms with Crippen molar-refractivity contribution < 1.29 is 9.90 Å². The van der Waals surface area contributed by atoms with E-state index in [0.29, 0.717) is 12.1 Å². The van der Waals surface area contributed by atoms with E-state index in [1.165, 1.54) is 21.8 Å². The van der Waals surface area contributed by atoms with Crippen molar-refractivity contribution in [1.82, 2.24) is 5.32 Å². The SMILES string of the molecule is Cc1ccsc1CNC(=O)c1csc(C#CCO)c1. The summed E-state index contributed by atoms with van der Waals surface area (Å²) in [6, 6.07) is 3.78. The van der Waals surface area contributed by atoms with Gasteiger partial charge in [0.25, 0.3) is 5.91 Å². The minimum Gasteiger partial charge on any atom is -0.384 e. The third kappa shape index (κ3) is 3.67. The highest BCUT2D eigenvalue weighted by Crippen LogP contribution is 2.16. The summed E-state index contributed by atoms with van der Waals surface area (Å²) in [6.07, 6.45) is 0. The van der Waals surface area contributed by atoms with Gasteiger partial charge in [-0.15, -0.1) is 22.7 Å². The van der Waals surface area contributed by atoms with Crippen molar-refractivity contribution in [2.75, 3.05) is 6.61 Å². The Hall–Kier alpha value is -1.61. The molecule has 0 aliphatic rings. The third-order valence-corrected chi connectivity index (χ3v) is 4.40. The largest absolute Gasteiger partial charge is 0.384 e. The molecule has 0 saturated carbocycles. The molecule has 98 valence electrons. The van der Waals surface area contributed by atoms with Gasteiger partial charge in [-0.05, 0) is 30.0 Å². The Morgan fingerprint density at radius 3 is 3.00 bits per heavy atom. The number of nitrogens with one attached hydrogen (secondary N) is 1. The average molecular weight is 291 g/mol. The fraction of sp³-hybridized carbons (Fsp3) is 0.214. The van der Waals surface area contributed by atoms with E-state index in [9.17, 15) is 4.79 Å². The fourth-order valence-corrected chi connectivity index (χ4v) is 3.10. The van der Waals surface area contributed by atoms with E-state index >= 15 is 0 Å². The first-order chi connectivity index (χ1) is 9.20. The zero-order chi connectivity index (χ0) is 13.7. The number of aliphatic hydroxyl groups excluding tert-OH is 1. The molecule has 5 heteroatoms. The van der Waals surface area contributed by atoms with Crippen molar-refractivity contribution in [3.8, 4) is 11.8 Å². The van der Waals surface area contributed by atoms with Crippen molar-refractivity contribution in [3.05, 3.63) is 43.8 Å². The van der Waals surface area contributed by atoms with Crippen LogP contribution in [0.2, 0.25) is 0 Å². The number of hydrogen-bond donors (Lipinski definition) is 2. The Balaban J connectivity index is 1.96. The lowest BCUT2D eigenvalue weighted by atomic mass is 10.2. The van der Waals surface area contributed by atoms with Crippen LogP contribution in [0.4, 0.5) is 0 Å². The molecule has 0 aliphatic heterocycles. The van der Waals surface area contributed by atoms with Crippen LogP contribution in [0.25, 0.3) is 0 Å². The number of aliphatic hydroxyl groups is 1. The minimum atomic E-state index is -0.170. The van der Waals surface area contributed by atoms with Crippen LogP contribution in [-0.4, -0.2) is 17.6 Å². The number of aryl methyl sites for hydroxylation is 1. The van der Waals surface area contributed by atoms with Gasteiger partial charge >= 0.3 is 0 Å². The number of carbonyl (C=O) groups is 1. The van der Waals surface area contributed by atoms with Crippen molar-refractivity contribution in [1.29, 1.82) is 0 Å². The van der Waals surface area contributed by atoms with E-state index in [-0.39, 0.29) is 12.5 Å². The minimum absolute atomic E-state index is 0.0962. The van der Waals surface area contributed by atoms with Gasteiger partial charge in [-0.1, -0.05) is 11.8 Å². The molecule has 0 fully saturated rings. The van der Waals surface area contributed by atoms with Gasteiger partial charge in [0.2, 0.25) is 0 Å². The molecule has 2 heterocycles. The molecular weight excluding hydrogens is 278 g/mol. The second-order valence-electron chi connectivity index (χ2n) is 3.87. The number of carbonyl (C=O) groups excluding carboxylic acids is 1. The van der Waals surface area contributed by atoms with Crippen LogP contribution in [0, 0.1) is 18.8 Å². The Morgan fingerprint density at radius 2 is 2.32 bits per heavy atom. The summed E-state index contributed by atoms with van der Waals surface area (Å²) in [5, 5.41) is 15.3. The van der Waals surface area contributed by atoms with E-state index in [4.69, 9.17) is 5.11 Å². The molecule has 2 rings (SSSR count). The normalized spacial score (nSPS) is 9.79. The third-order valence-electron chi connectivity index (χ3n) is 2.53. The van der Waals surface area contributed by atoms with Crippen molar-refractivity contribution >= 4 is 28.6 Å². The summed E-state index contributed by atoms with van der Waals surface area (Å²) in [5.74, 6) is 5.26. The Kier molecular flexibility index (Phi) is 4.74. The predicted molar refractivity (Wildman–Crippen MR) is 78.5 cm³/mol. The summed E-state index contributed by atoms with van der Waals surface area (Å²) in [4.78, 5) is 13.9. The molecule has 0 saturated heterocycles. The van der Waals surface area contributed by atoms with Gasteiger partial charge < -0.3 is 10.4 Å². The van der Waals surface area contributed by atoms with Crippen LogP contribution in [0.1, 0.15) is 25.7 Å². The molecule has 2 N–H and O–H groups in total. The molecular formula is C14H13NO2S2. The van der Waals surface area contributed by atoms with Gasteiger partial charge in [0.1, 0.15) is 6.61 Å². The molecule has 2 aromatic rings. The van der Waals surface area contributed by atoms with Crippen LogP contribution in [0.15, 0.2) is 22.9 Å². The van der Waals surface area contributed by atoms with Crippen LogP contribution in [0.5, 0.6) is 0 Å². The first-order valence-electron chi connectivity index (χ1n) is 5.70. The standard InChI is InChI=1S/C14H13NO2S2/c1-10-4-6-18-13(10)8-15-14(17)11-7-12(19-9-11)3-2-5-16/h4,6-7,9,16H,5,8H2,1H3,(H,15,17). The Labute approximate surface area is 119 Å². The van der Waals surface area contributed by atoms with E-state index in [1.54, 1.807) is 22.8 Å². The number of rotatable bonds is 3. The Bertz CT molecular complexity index is 631. The molecule has 0 aliphatic carbocycles. The molecule has 0 radical (unpaired) electrons. The highest BCUT2D eigenvalue weighted by Gasteiger charge is 2.08. The lowest BCUT2D eigenvalue weighted by molar-refractivity contribution is 0.0951. The molecule has 1 amide bonds. The van der Waals surface area contributed by atoms with Crippen molar-refractivity contribution in [2.45, 2.75) is 13.5 Å². The lowest BCUT2D eigenvalue weighted by Crippen LogP contribution is -2.22. The number of amides is 1. The molecule has 0 spiro atoms. The maximum Gasteiger partial charge on any atom is 0.252 e. The molecule has 0 aromatic carbocycles. The van der Waals surface area contributed by atoms with Crippen LogP contribution >= 0.6 is 22.7 Å². The van der Waals surface area contributed by atoms with Crippen LogP contribution < -0.4 is 5.32 Å². The average Bonchev–Trinajstić information content (AvgIpc) is 3.03. The van der Waals surface area contributed by atoms with Gasteiger partial charge in [-0.25, -0.2) is 0 Å². The van der Waals surface area contributed by atoms with Gasteiger partial charge in [-0.3, -0.25) is 4.79 Å². The van der Waals surface area contributed by atoms with Gasteiger partial charge in [0.05, 0.1) is 17.0 Å². The van der Waals surface area contributed by atoms with Crippen molar-refractivity contribution in [2.24, 2.45) is 0 Å². The summed E-state index contributed by atoms with van der Waals surface area (Å²) in [5.41, 5.74) is 1.81. The van der Waals surface area contributed by atoms with E-state index in [2.05, 4.69) is 17.2 Å². The Morgan fingerprint density at radius 1 is 1.47 bits per heavy atom. The molecule has 0 unspecified atom stereocenters. The zero-order valence-corrected chi connectivity index (χ0v) is 12.0. The fourth-order valence-electron chi connectivity index (χ4n) is 1.50. The van der Waals surface area contributed by atoms with Crippen molar-refractivity contribution in [3.63, 3.8) is 0 Å². The first kappa shape index (κ1) is 13.8. The summed E-state index contributed by atoms with van der Waals surface area (Å²) in [7, 11) is 0. The monoisotopic (exact) mass is 291 g/mol. The van der Waals surface area contributed by atoms with Gasteiger partial charge in [0.15, 0.2) is 0 Å². The number of thiophene rings is 2. The molecule has 19 heavy (non-hydrogen) atoms. The highest BCUT2D eigenvalue weighted by molar-refractivity contribution is 7.11. The molecule has 0 atom stereocenters. The quantitative estimate of drug-likeness (QED) is 0.853. The smallest absolute Gasteiger partial charge is 0.252 e. The first-order valence-corrected chi connectivity index (χ1v) is 7.46. The van der Waals surface area contributed by atoms with Crippen LogP contribution in [-0.2, 0) is 6.54 Å². The van der Waals surface area contributed by atoms with E-state index < -0.39 is 0 Å². The van der Waals surface area contributed by atoms with Gasteiger partial charge in [-0.2, -0.15) is 0 Å². The summed E-state index contributed by atoms with van der Waals surface area (Å²) >= 11 is 3.04. The maximum atomic E-state index is 11.9. The van der Waals surface area contributed by atoms with Gasteiger partial charge in [0, 0.05) is 10.3 Å². The molecule has 3 nitrogen and oxygen atoms in total. The second kappa shape index (κ2) is 6.53. The summed E-state index contributed by atoms with van der Waals surface area (Å²) in [6.45, 7) is 2.41. The van der Waals surface area contributed by atoms with E-state index in [0.717, 1.165) is 4.88 Å². The highest BCUT2D eigenvalue weighted by atomic mass is 32.1. The summed E-state index contributed by atoms with van der Waals surface area (Å²) < 4.78 is 0. The molecule has 2 aromatic heterocycles. The topological polar surface area (TPSA) is 49.3 Å². The molecule has 0 bridgehead atoms. The van der Waals surface area contributed by atoms with Crippen LogP contribution in [0.3, 0.4) is 0 Å². The van der Waals surface area contributed by atoms with E-state index in [1.807, 2.05) is 18.4 Å². The zero-order valence-electron chi connectivity index (χ0n) is 10.4. The predicted octanol–water partition coefficient (Wildman–Crippen LogP) is 2.39. The lowest BCUT2D eigenvalue weighted by Gasteiger charge is -2.02. The second-order valence-corrected chi connectivity index (χ2v) is 5.78. The maximum absolute atomic E-state index is 11.9. The number of hydrogen-bond acceptors (Lipinski definition) is 4.